The van der Waals surface area contributed by atoms with E-state index >= 15 is 0 Å². The van der Waals surface area contributed by atoms with Gasteiger partial charge in [-0.05, 0) is 87.7 Å². The van der Waals surface area contributed by atoms with E-state index in [1.54, 1.807) is 27.8 Å². The van der Waals surface area contributed by atoms with Crippen LogP contribution in [0.25, 0.3) is 20.9 Å². The van der Waals surface area contributed by atoms with E-state index in [4.69, 9.17) is 20.5 Å². The van der Waals surface area contributed by atoms with Crippen molar-refractivity contribution in [2.24, 2.45) is 10.2 Å². The fourth-order valence-corrected chi connectivity index (χ4v) is 4.99. The minimum Gasteiger partial charge on any atom is -0.444 e. The molecule has 0 saturated heterocycles. The largest absolute Gasteiger partial charge is 0.444 e. The normalized spacial score (nSPS) is 20.6. The molecule has 2 aromatic carbocycles. The minimum atomic E-state index is -0.559. The maximum absolute atomic E-state index is 12.3. The highest BCUT2D eigenvalue weighted by molar-refractivity contribution is 5.69. The van der Waals surface area contributed by atoms with Crippen molar-refractivity contribution >= 4 is 12.2 Å². The van der Waals surface area contributed by atoms with Crippen molar-refractivity contribution in [3.8, 4) is 0 Å². The van der Waals surface area contributed by atoms with Crippen molar-refractivity contribution in [3.63, 3.8) is 0 Å². The lowest BCUT2D eigenvalue weighted by Gasteiger charge is -2.31. The Morgan fingerprint density at radius 1 is 0.829 bits per heavy atom. The summed E-state index contributed by atoms with van der Waals surface area (Å²) in [6, 6.07) is 14.3. The standard InChI is InChI=1S/C15H20N4O2.C14H18N4O2/c1-15(2,3)21-14(20)19(4)13-11-8-6-5-7-10(11)9-12(13)17-18-16;1-14(2,3)20-13(19)16-12-10-7-5-4-6-9(10)8-11(12)17-18-15/h5-8,12-13H,9H2,1-4H3;4-7,11-12H,8H2,1-3H3,(H,16,19)/t12-,13?;11-,12-/m11/s1. The first kappa shape index (κ1) is 31.1. The maximum Gasteiger partial charge on any atom is 0.410 e. The topological polar surface area (TPSA) is 165 Å². The summed E-state index contributed by atoms with van der Waals surface area (Å²) in [6.45, 7) is 10.9. The van der Waals surface area contributed by atoms with Gasteiger partial charge in [-0.2, -0.15) is 0 Å². The molecule has 2 aromatic rings. The summed E-state index contributed by atoms with van der Waals surface area (Å²) >= 11 is 0. The lowest BCUT2D eigenvalue weighted by molar-refractivity contribution is 0.0206. The first-order chi connectivity index (χ1) is 19.2. The summed E-state index contributed by atoms with van der Waals surface area (Å²) in [5, 5.41) is 10.4. The number of hydrogen-bond acceptors (Lipinski definition) is 6. The van der Waals surface area contributed by atoms with Crippen LogP contribution in [-0.2, 0) is 22.3 Å². The molecule has 41 heavy (non-hydrogen) atoms. The highest BCUT2D eigenvalue weighted by Gasteiger charge is 2.38. The molecule has 0 saturated carbocycles. The Kier molecular flexibility index (Phi) is 9.75. The number of azide groups is 2. The van der Waals surface area contributed by atoms with Gasteiger partial charge >= 0.3 is 12.2 Å². The number of benzene rings is 2. The van der Waals surface area contributed by atoms with Crippen LogP contribution in [0.1, 0.15) is 75.9 Å². The zero-order valence-electron chi connectivity index (χ0n) is 24.6. The van der Waals surface area contributed by atoms with E-state index in [1.165, 1.54) is 4.90 Å². The van der Waals surface area contributed by atoms with Gasteiger partial charge in [0.2, 0.25) is 0 Å². The van der Waals surface area contributed by atoms with Crippen LogP contribution in [0.15, 0.2) is 58.8 Å². The van der Waals surface area contributed by atoms with E-state index in [0.29, 0.717) is 12.8 Å². The molecule has 0 radical (unpaired) electrons. The summed E-state index contributed by atoms with van der Waals surface area (Å²) in [7, 11) is 1.68. The second-order valence-electron chi connectivity index (χ2n) is 12.0. The summed E-state index contributed by atoms with van der Waals surface area (Å²) in [4.78, 5) is 31.5. The Morgan fingerprint density at radius 2 is 1.32 bits per heavy atom. The predicted octanol–water partition coefficient (Wildman–Crippen LogP) is 7.32. The molecule has 1 unspecified atom stereocenters. The van der Waals surface area contributed by atoms with Gasteiger partial charge in [-0.3, -0.25) is 0 Å². The Balaban J connectivity index is 0.000000226. The quantitative estimate of drug-likeness (QED) is 0.234. The monoisotopic (exact) mass is 562 g/mol. The van der Waals surface area contributed by atoms with Crippen molar-refractivity contribution in [2.75, 3.05) is 7.05 Å². The number of likely N-dealkylation sites (N-methyl/N-ethyl adjacent to an activating group) is 1. The number of amides is 2. The highest BCUT2D eigenvalue weighted by Crippen LogP contribution is 2.38. The third-order valence-corrected chi connectivity index (χ3v) is 6.54. The van der Waals surface area contributed by atoms with Crippen LogP contribution < -0.4 is 5.32 Å². The molecule has 218 valence electrons. The van der Waals surface area contributed by atoms with Crippen LogP contribution in [0.2, 0.25) is 0 Å². The maximum atomic E-state index is 12.3. The number of nitrogens with one attached hydrogen (secondary N) is 1. The molecule has 2 aliphatic rings. The number of fused-ring (bicyclic) bond motifs is 2. The van der Waals surface area contributed by atoms with Crippen LogP contribution in [-0.4, -0.2) is 47.4 Å². The number of ether oxygens (including phenoxy) is 2. The van der Waals surface area contributed by atoms with E-state index in [2.05, 4.69) is 25.4 Å². The van der Waals surface area contributed by atoms with Crippen molar-refractivity contribution in [2.45, 2.75) is 89.8 Å². The summed E-state index contributed by atoms with van der Waals surface area (Å²) in [6.07, 6.45) is 0.346. The average molecular weight is 563 g/mol. The molecule has 12 heteroatoms. The molecule has 0 aliphatic heterocycles. The minimum absolute atomic E-state index is 0.285. The van der Waals surface area contributed by atoms with E-state index < -0.39 is 23.4 Å². The number of rotatable bonds is 4. The van der Waals surface area contributed by atoms with Crippen molar-refractivity contribution < 1.29 is 19.1 Å². The first-order valence-corrected chi connectivity index (χ1v) is 13.4. The smallest absolute Gasteiger partial charge is 0.410 e. The van der Waals surface area contributed by atoms with E-state index in [-0.39, 0.29) is 24.2 Å². The van der Waals surface area contributed by atoms with Crippen LogP contribution in [0, 0.1) is 0 Å². The highest BCUT2D eigenvalue weighted by atomic mass is 16.6. The van der Waals surface area contributed by atoms with Gasteiger partial charge in [-0.1, -0.05) is 58.8 Å². The second-order valence-corrected chi connectivity index (χ2v) is 12.0. The summed E-state index contributed by atoms with van der Waals surface area (Å²) < 4.78 is 10.7. The average Bonchev–Trinajstić information content (AvgIpc) is 3.40. The van der Waals surface area contributed by atoms with Crippen LogP contribution in [0.5, 0.6) is 0 Å². The number of nitrogens with zero attached hydrogens (tertiary/aromatic N) is 7. The Hall–Kier alpha value is -4.40. The summed E-state index contributed by atoms with van der Waals surface area (Å²) in [5.41, 5.74) is 20.5. The molecule has 0 heterocycles. The fourth-order valence-electron chi connectivity index (χ4n) is 4.99. The molecule has 2 amide bonds. The molecule has 1 N–H and O–H groups in total. The third-order valence-electron chi connectivity index (χ3n) is 6.54. The van der Waals surface area contributed by atoms with Crippen molar-refractivity contribution in [1.29, 1.82) is 0 Å². The van der Waals surface area contributed by atoms with Gasteiger partial charge in [-0.15, -0.1) is 0 Å². The number of carbonyl (C=O) groups excluding carboxylic acids is 2. The lowest BCUT2D eigenvalue weighted by atomic mass is 10.1. The van der Waals surface area contributed by atoms with Gasteiger partial charge < -0.3 is 19.7 Å². The van der Waals surface area contributed by atoms with Crippen molar-refractivity contribution in [1.82, 2.24) is 10.2 Å². The van der Waals surface area contributed by atoms with Gasteiger partial charge in [-0.25, -0.2) is 9.59 Å². The molecule has 4 rings (SSSR count). The number of alkyl carbamates (subject to hydrolysis) is 1. The zero-order chi connectivity index (χ0) is 30.4. The first-order valence-electron chi connectivity index (χ1n) is 13.4. The van der Waals surface area contributed by atoms with Crippen LogP contribution >= 0.6 is 0 Å². The fraction of sp³-hybridized carbons (Fsp3) is 0.517. The summed E-state index contributed by atoms with van der Waals surface area (Å²) in [5.74, 6) is 0. The molecule has 0 spiro atoms. The van der Waals surface area contributed by atoms with Gasteiger partial charge in [0.25, 0.3) is 0 Å². The van der Waals surface area contributed by atoms with E-state index in [9.17, 15) is 9.59 Å². The SMILES string of the molecule is CC(C)(C)OC(=O)N[C@@H]1c2ccccc2C[C@H]1N=[N+]=[N-].CN(C(=O)OC(C)(C)C)C1c2ccccc2C[C@H]1N=[N+]=[N-]. The Bertz CT molecular complexity index is 1350. The molecule has 4 atom stereocenters. The van der Waals surface area contributed by atoms with Crippen molar-refractivity contribution in [3.05, 3.63) is 91.7 Å². The lowest BCUT2D eigenvalue weighted by Crippen LogP contribution is -2.39. The second kappa shape index (κ2) is 12.8. The van der Waals surface area contributed by atoms with Gasteiger partial charge in [0.1, 0.15) is 11.2 Å². The molecule has 0 fully saturated rings. The van der Waals surface area contributed by atoms with Crippen LogP contribution in [0.4, 0.5) is 9.59 Å². The van der Waals surface area contributed by atoms with Gasteiger partial charge in [0.05, 0.1) is 24.2 Å². The van der Waals surface area contributed by atoms with Gasteiger partial charge in [0.15, 0.2) is 0 Å². The van der Waals surface area contributed by atoms with E-state index in [0.717, 1.165) is 22.3 Å². The Morgan fingerprint density at radius 3 is 1.88 bits per heavy atom. The van der Waals surface area contributed by atoms with E-state index in [1.807, 2.05) is 69.3 Å². The molecular formula is C29H38N8O4. The molecule has 12 nitrogen and oxygen atoms in total. The van der Waals surface area contributed by atoms with Gasteiger partial charge in [0, 0.05) is 16.9 Å². The zero-order valence-corrected chi connectivity index (χ0v) is 24.6. The molecular weight excluding hydrogens is 524 g/mol. The Labute approximate surface area is 240 Å². The predicted molar refractivity (Wildman–Crippen MR) is 155 cm³/mol. The molecule has 0 aromatic heterocycles. The third kappa shape index (κ3) is 8.30. The number of carbonyl (C=O) groups is 2. The number of hydrogen-bond donors (Lipinski definition) is 1. The molecule has 0 bridgehead atoms. The molecule has 2 aliphatic carbocycles. The van der Waals surface area contributed by atoms with Crippen LogP contribution in [0.3, 0.4) is 0 Å².